The van der Waals surface area contributed by atoms with E-state index in [2.05, 4.69) is 5.43 Å². The summed E-state index contributed by atoms with van der Waals surface area (Å²) in [6.45, 7) is 0.266. The molecule has 6 atom stereocenters. The number of fused-ring (bicyclic) bond motifs is 4. The molecule has 1 saturated carbocycles. The molecule has 2 N–H and O–H groups in total. The van der Waals surface area contributed by atoms with E-state index in [1.165, 1.54) is 31.2 Å². The fourth-order valence-electron chi connectivity index (χ4n) is 8.94. The minimum atomic E-state index is -1.61. The number of hydrogen-bond acceptors (Lipinski definition) is 8. The molecule has 2 aliphatic carbocycles. The van der Waals surface area contributed by atoms with Crippen LogP contribution in [0, 0.1) is 23.7 Å². The Morgan fingerprint density at radius 1 is 0.868 bits per heavy atom. The number of allylic oxidation sites excluding steroid dienone is 2. The van der Waals surface area contributed by atoms with Gasteiger partial charge >= 0.3 is 0 Å². The molecular weight excluding hydrogens is 717 g/mol. The monoisotopic (exact) mass is 751 g/mol. The fourth-order valence-corrected chi connectivity index (χ4v) is 9.39. The van der Waals surface area contributed by atoms with Gasteiger partial charge in [0.1, 0.15) is 23.9 Å². The predicted octanol–water partition coefficient (Wildman–Crippen LogP) is 6.90. The average Bonchev–Trinajstić information content (AvgIpc) is 3.52. The van der Waals surface area contributed by atoms with Gasteiger partial charge in [-0.25, -0.2) is 0 Å². The van der Waals surface area contributed by atoms with Crippen molar-refractivity contribution >= 4 is 52.5 Å². The van der Waals surface area contributed by atoms with Gasteiger partial charge in [-0.3, -0.25) is 29.5 Å². The van der Waals surface area contributed by atoms with Crippen molar-refractivity contribution in [2.45, 2.75) is 30.8 Å². The van der Waals surface area contributed by atoms with E-state index in [4.69, 9.17) is 32.7 Å². The fraction of sp³-hybridized carbons (Fsp3) is 0.268. The number of imide groups is 2. The Bertz CT molecular complexity index is 2190. The third-order valence-electron chi connectivity index (χ3n) is 11.4. The van der Waals surface area contributed by atoms with Gasteiger partial charge in [-0.15, -0.1) is 0 Å². The lowest BCUT2D eigenvalue weighted by Gasteiger charge is -2.50. The number of phenolic OH excluding ortho intramolecular Hbond substituents is 1. The van der Waals surface area contributed by atoms with E-state index in [1.807, 2.05) is 36.4 Å². The second kappa shape index (κ2) is 13.3. The molecular formula is C41H35Cl2N3O7. The molecule has 2 saturated heterocycles. The van der Waals surface area contributed by atoms with E-state index < -0.39 is 46.8 Å². The van der Waals surface area contributed by atoms with Crippen LogP contribution in [0.25, 0.3) is 0 Å². The summed E-state index contributed by atoms with van der Waals surface area (Å²) in [6, 6.07) is 26.2. The third-order valence-corrected chi connectivity index (χ3v) is 11.9. The summed E-state index contributed by atoms with van der Waals surface area (Å²) in [4.78, 5) is 58.4. The number of rotatable bonds is 8. The summed E-state index contributed by atoms with van der Waals surface area (Å²) in [5.74, 6) is -4.71. The molecule has 2 aliphatic heterocycles. The Morgan fingerprint density at radius 2 is 1.60 bits per heavy atom. The highest BCUT2D eigenvalue weighted by Gasteiger charge is 2.70. The van der Waals surface area contributed by atoms with Crippen LogP contribution in [0.3, 0.4) is 0 Å². The molecule has 8 rings (SSSR count). The van der Waals surface area contributed by atoms with Crippen molar-refractivity contribution in [2.75, 3.05) is 19.6 Å². The van der Waals surface area contributed by atoms with E-state index in [-0.39, 0.29) is 47.7 Å². The number of anilines is 1. The van der Waals surface area contributed by atoms with Gasteiger partial charge in [0.25, 0.3) is 11.8 Å². The lowest BCUT2D eigenvalue weighted by Crippen LogP contribution is -2.53. The van der Waals surface area contributed by atoms with E-state index in [1.54, 1.807) is 48.5 Å². The summed E-state index contributed by atoms with van der Waals surface area (Å²) in [6.07, 6.45) is 2.32. The Hall–Kier alpha value is -5.32. The second-order valence-electron chi connectivity index (χ2n) is 13.9. The number of likely N-dealkylation sites (tertiary alicyclic amines) is 1. The topological polar surface area (TPSA) is 125 Å². The van der Waals surface area contributed by atoms with Crippen LogP contribution in [-0.2, 0) is 31.2 Å². The van der Waals surface area contributed by atoms with Crippen LogP contribution >= 0.6 is 23.2 Å². The summed E-state index contributed by atoms with van der Waals surface area (Å²) in [5.41, 5.74) is 4.22. The first-order valence-electron chi connectivity index (χ1n) is 17.3. The third kappa shape index (κ3) is 5.46. The number of carbonyl (C=O) groups is 4. The van der Waals surface area contributed by atoms with Gasteiger partial charge in [0.05, 0.1) is 41.0 Å². The van der Waals surface area contributed by atoms with E-state index in [0.29, 0.717) is 27.6 Å². The molecule has 4 amide bonds. The molecule has 0 aromatic heterocycles. The van der Waals surface area contributed by atoms with Gasteiger partial charge in [-0.2, -0.15) is 5.01 Å². The van der Waals surface area contributed by atoms with Crippen LogP contribution in [0.4, 0.5) is 5.69 Å². The minimum Gasteiger partial charge on any atom is -0.508 e. The Labute approximate surface area is 315 Å². The first kappa shape index (κ1) is 34.7. The van der Waals surface area contributed by atoms with Crippen molar-refractivity contribution in [3.63, 3.8) is 0 Å². The number of ether oxygens (including phenoxy) is 2. The zero-order valence-corrected chi connectivity index (χ0v) is 30.3. The van der Waals surface area contributed by atoms with E-state index in [0.717, 1.165) is 16.1 Å². The van der Waals surface area contributed by atoms with Crippen molar-refractivity contribution in [3.05, 3.63) is 129 Å². The number of aromatic hydroxyl groups is 1. The molecule has 4 aliphatic rings. The molecule has 53 heavy (non-hydrogen) atoms. The maximum absolute atomic E-state index is 15.4. The second-order valence-corrected chi connectivity index (χ2v) is 14.8. The molecule has 270 valence electrons. The predicted molar refractivity (Wildman–Crippen MR) is 197 cm³/mol. The molecule has 12 heteroatoms. The SMILES string of the molecule is COc1ccc(C23C(=O)N(Nc4ccc(Cl)cc4Cl)C(=O)C2CC2C(=CCC4C(=O)N(C)C(=O)C42)C3c2ccc(OCc3ccccc3)cc2O)cc1. The van der Waals surface area contributed by atoms with Crippen LogP contribution < -0.4 is 14.9 Å². The number of amides is 4. The first-order chi connectivity index (χ1) is 25.5. The number of halogens is 2. The number of benzene rings is 4. The molecule has 3 fully saturated rings. The number of hydrogen-bond donors (Lipinski definition) is 2. The van der Waals surface area contributed by atoms with Crippen molar-refractivity contribution in [3.8, 4) is 17.2 Å². The smallest absolute Gasteiger partial charge is 0.260 e. The Balaban J connectivity index is 1.31. The van der Waals surface area contributed by atoms with Crippen LogP contribution in [0.5, 0.6) is 17.2 Å². The molecule has 6 unspecified atom stereocenters. The normalized spacial score (nSPS) is 26.2. The van der Waals surface area contributed by atoms with E-state index >= 15 is 4.79 Å². The summed E-state index contributed by atoms with van der Waals surface area (Å²) in [5, 5.41) is 13.5. The summed E-state index contributed by atoms with van der Waals surface area (Å²) < 4.78 is 11.5. The number of carbonyl (C=O) groups excluding carboxylic acids is 4. The van der Waals surface area contributed by atoms with E-state index in [9.17, 15) is 19.5 Å². The van der Waals surface area contributed by atoms with Gasteiger partial charge in [-0.1, -0.05) is 83.4 Å². The highest BCUT2D eigenvalue weighted by atomic mass is 35.5. The van der Waals surface area contributed by atoms with Crippen molar-refractivity contribution in [1.29, 1.82) is 0 Å². The molecule has 10 nitrogen and oxygen atoms in total. The first-order valence-corrected chi connectivity index (χ1v) is 18.1. The highest BCUT2D eigenvalue weighted by molar-refractivity contribution is 6.36. The lowest BCUT2D eigenvalue weighted by molar-refractivity contribution is -0.140. The molecule has 4 aromatic rings. The van der Waals surface area contributed by atoms with Gasteiger partial charge in [0.2, 0.25) is 11.8 Å². The number of nitrogens with zero attached hydrogens (tertiary/aromatic N) is 2. The zero-order valence-electron chi connectivity index (χ0n) is 28.8. The summed E-state index contributed by atoms with van der Waals surface area (Å²) >= 11 is 12.7. The van der Waals surface area contributed by atoms with Gasteiger partial charge in [0, 0.05) is 29.6 Å². The largest absolute Gasteiger partial charge is 0.508 e. The number of methoxy groups -OCH3 is 1. The van der Waals surface area contributed by atoms with Crippen molar-refractivity contribution in [2.24, 2.45) is 23.7 Å². The average molecular weight is 753 g/mol. The molecule has 0 bridgehead atoms. The van der Waals surface area contributed by atoms with Crippen LogP contribution in [0.2, 0.25) is 10.0 Å². The zero-order chi connectivity index (χ0) is 37.2. The van der Waals surface area contributed by atoms with Gasteiger partial charge in [-0.05, 0) is 66.3 Å². The standard InChI is InChI=1S/C41H35Cl2N3O7/c1-45-37(48)29-16-15-27-30(35(29)39(45)50)20-31-38(49)46(44-33-17-10-24(42)18-32(33)43)40(51)41(31,23-8-11-25(52-2)12-9-23)36(27)28-14-13-26(19-34(28)47)53-21-22-6-4-3-5-7-22/h3-15,17-19,29-31,35-36,44,47H,16,20-21H2,1-2H3. The quantitative estimate of drug-likeness (QED) is 0.147. The maximum Gasteiger partial charge on any atom is 0.260 e. The number of hydrazine groups is 1. The van der Waals surface area contributed by atoms with Crippen molar-refractivity contribution in [1.82, 2.24) is 9.91 Å². The van der Waals surface area contributed by atoms with Crippen LogP contribution in [0.15, 0.2) is 103 Å². The number of phenols is 1. The molecule has 0 spiro atoms. The minimum absolute atomic E-state index is 0.110. The Morgan fingerprint density at radius 3 is 2.30 bits per heavy atom. The molecule has 0 radical (unpaired) electrons. The molecule has 4 aromatic carbocycles. The molecule has 2 heterocycles. The van der Waals surface area contributed by atoms with Crippen LogP contribution in [-0.4, -0.2) is 52.8 Å². The Kier molecular flexibility index (Phi) is 8.70. The summed E-state index contributed by atoms with van der Waals surface area (Å²) in [7, 11) is 3.02. The number of nitrogens with one attached hydrogen (secondary N) is 1. The van der Waals surface area contributed by atoms with Gasteiger partial charge < -0.3 is 14.6 Å². The highest BCUT2D eigenvalue weighted by Crippen LogP contribution is 2.65. The maximum atomic E-state index is 15.4. The van der Waals surface area contributed by atoms with Gasteiger partial charge in [0.15, 0.2) is 0 Å². The van der Waals surface area contributed by atoms with Crippen molar-refractivity contribution < 1.29 is 33.8 Å². The lowest BCUT2D eigenvalue weighted by atomic mass is 9.49. The van der Waals surface area contributed by atoms with Crippen LogP contribution in [0.1, 0.15) is 35.4 Å².